The molecule has 1 unspecified atom stereocenters. The Kier molecular flexibility index (Phi) is 6.49. The standard InChI is InChI=1S/C28H35FOS/c1-19-17-22(26(2,3)4)24(30)23(27(5,6)7)25(19)31-21-13-15-28(29,16-14-21)18-20-11-9-8-10-12-20/h8-15,17,30H,16,18H2,1-7H3. The van der Waals surface area contributed by atoms with Gasteiger partial charge in [0.2, 0.25) is 0 Å². The fraction of sp³-hybridized carbons (Fsp3) is 0.429. The highest BCUT2D eigenvalue weighted by Crippen LogP contribution is 2.48. The minimum atomic E-state index is -1.36. The van der Waals surface area contributed by atoms with Crippen LogP contribution >= 0.6 is 11.8 Å². The number of aryl methyl sites for hydroxylation is 1. The molecular formula is C28H35FOS. The third-order valence-corrected chi connectivity index (χ3v) is 7.01. The van der Waals surface area contributed by atoms with Crippen LogP contribution in [0, 0.1) is 6.92 Å². The van der Waals surface area contributed by atoms with Gasteiger partial charge in [-0.25, -0.2) is 4.39 Å². The van der Waals surface area contributed by atoms with E-state index >= 15 is 4.39 Å². The second-order valence-electron chi connectivity index (χ2n) is 10.7. The third-order valence-electron chi connectivity index (χ3n) is 5.75. The molecule has 1 nitrogen and oxygen atoms in total. The number of thioether (sulfide) groups is 1. The summed E-state index contributed by atoms with van der Waals surface area (Å²) in [5, 5.41) is 11.2. The third kappa shape index (κ3) is 5.44. The lowest BCUT2D eigenvalue weighted by Gasteiger charge is -2.31. The van der Waals surface area contributed by atoms with Crippen LogP contribution in [0.5, 0.6) is 5.75 Å². The van der Waals surface area contributed by atoms with Gasteiger partial charge in [-0.1, -0.05) is 95.8 Å². The minimum absolute atomic E-state index is 0.146. The highest BCUT2D eigenvalue weighted by Gasteiger charge is 2.32. The highest BCUT2D eigenvalue weighted by atomic mass is 32.2. The maximum absolute atomic E-state index is 15.4. The van der Waals surface area contributed by atoms with Crippen LogP contribution < -0.4 is 0 Å². The van der Waals surface area contributed by atoms with Crippen molar-refractivity contribution in [1.82, 2.24) is 0 Å². The highest BCUT2D eigenvalue weighted by molar-refractivity contribution is 8.03. The number of aromatic hydroxyl groups is 1. The van der Waals surface area contributed by atoms with E-state index in [-0.39, 0.29) is 10.8 Å². The molecule has 0 saturated heterocycles. The molecule has 0 aliphatic heterocycles. The van der Waals surface area contributed by atoms with Crippen LogP contribution in [0.3, 0.4) is 0 Å². The molecule has 1 N–H and O–H groups in total. The zero-order chi connectivity index (χ0) is 23.0. The molecule has 1 atom stereocenters. The molecule has 0 heterocycles. The molecule has 166 valence electrons. The van der Waals surface area contributed by atoms with Crippen molar-refractivity contribution in [2.75, 3.05) is 0 Å². The lowest BCUT2D eigenvalue weighted by Crippen LogP contribution is -2.24. The summed E-state index contributed by atoms with van der Waals surface area (Å²) in [5.41, 5.74) is 2.38. The summed E-state index contributed by atoms with van der Waals surface area (Å²) in [7, 11) is 0. The van der Waals surface area contributed by atoms with Crippen LogP contribution in [0.15, 0.2) is 64.4 Å². The molecule has 1 aliphatic carbocycles. The number of hydrogen-bond acceptors (Lipinski definition) is 2. The normalized spacial score (nSPS) is 19.4. The average Bonchev–Trinajstić information content (AvgIpc) is 2.65. The number of allylic oxidation sites excluding steroid dienone is 3. The van der Waals surface area contributed by atoms with Crippen molar-refractivity contribution in [2.24, 2.45) is 0 Å². The molecular weight excluding hydrogens is 403 g/mol. The minimum Gasteiger partial charge on any atom is -0.507 e. The van der Waals surface area contributed by atoms with E-state index < -0.39 is 5.67 Å². The molecule has 0 aromatic heterocycles. The summed E-state index contributed by atoms with van der Waals surface area (Å²) in [6, 6.07) is 11.9. The van der Waals surface area contributed by atoms with Crippen molar-refractivity contribution in [2.45, 2.75) is 82.7 Å². The van der Waals surface area contributed by atoms with E-state index in [2.05, 4.69) is 54.5 Å². The molecule has 0 radical (unpaired) electrons. The van der Waals surface area contributed by atoms with Crippen LogP contribution in [-0.2, 0) is 17.3 Å². The Bertz CT molecular complexity index is 1010. The van der Waals surface area contributed by atoms with Crippen LogP contribution in [0.2, 0.25) is 0 Å². The van der Waals surface area contributed by atoms with Crippen molar-refractivity contribution in [3.63, 3.8) is 0 Å². The van der Waals surface area contributed by atoms with Crippen molar-refractivity contribution < 1.29 is 9.50 Å². The maximum atomic E-state index is 15.4. The fourth-order valence-corrected chi connectivity index (χ4v) is 5.35. The van der Waals surface area contributed by atoms with Gasteiger partial charge >= 0.3 is 0 Å². The van der Waals surface area contributed by atoms with Crippen molar-refractivity contribution in [1.29, 1.82) is 0 Å². The fourth-order valence-electron chi connectivity index (χ4n) is 4.09. The number of phenols is 1. The second kappa shape index (κ2) is 8.50. The van der Waals surface area contributed by atoms with Gasteiger partial charge in [0.25, 0.3) is 0 Å². The predicted molar refractivity (Wildman–Crippen MR) is 132 cm³/mol. The smallest absolute Gasteiger partial charge is 0.137 e. The van der Waals surface area contributed by atoms with Crippen LogP contribution in [0.25, 0.3) is 0 Å². The average molecular weight is 439 g/mol. The molecule has 0 fully saturated rings. The van der Waals surface area contributed by atoms with E-state index in [1.54, 1.807) is 17.8 Å². The molecule has 0 amide bonds. The Labute approximate surface area is 191 Å². The van der Waals surface area contributed by atoms with Gasteiger partial charge < -0.3 is 5.11 Å². The predicted octanol–water partition coefficient (Wildman–Crippen LogP) is 8.18. The topological polar surface area (TPSA) is 20.2 Å². The number of alkyl halides is 1. The number of benzene rings is 2. The SMILES string of the molecule is Cc1cc(C(C)(C)C)c(O)c(C(C)(C)C)c1SC1=CCC(F)(Cc2ccccc2)C=C1. The maximum Gasteiger partial charge on any atom is 0.137 e. The Morgan fingerprint density at radius 3 is 2.19 bits per heavy atom. The Morgan fingerprint density at radius 2 is 1.68 bits per heavy atom. The van der Waals surface area contributed by atoms with Crippen molar-refractivity contribution in [3.05, 3.63) is 81.8 Å². The van der Waals surface area contributed by atoms with Gasteiger partial charge in [0.15, 0.2) is 0 Å². The number of hydrogen-bond donors (Lipinski definition) is 1. The van der Waals surface area contributed by atoms with Gasteiger partial charge in [-0.3, -0.25) is 0 Å². The number of phenolic OH excluding ortho intramolecular Hbond substituents is 1. The zero-order valence-corrected chi connectivity index (χ0v) is 20.7. The molecule has 0 saturated carbocycles. The Morgan fingerprint density at radius 1 is 1.03 bits per heavy atom. The quantitative estimate of drug-likeness (QED) is 0.519. The summed E-state index contributed by atoms with van der Waals surface area (Å²) >= 11 is 1.63. The lowest BCUT2D eigenvalue weighted by molar-refractivity contribution is 0.230. The van der Waals surface area contributed by atoms with Crippen LogP contribution in [-0.4, -0.2) is 10.8 Å². The lowest BCUT2D eigenvalue weighted by atomic mass is 9.78. The van der Waals surface area contributed by atoms with E-state index in [1.165, 1.54) is 0 Å². The summed E-state index contributed by atoms with van der Waals surface area (Å²) in [4.78, 5) is 2.10. The van der Waals surface area contributed by atoms with Gasteiger partial charge in [0, 0.05) is 28.2 Å². The Balaban J connectivity index is 1.91. The van der Waals surface area contributed by atoms with E-state index in [1.807, 2.05) is 42.5 Å². The largest absolute Gasteiger partial charge is 0.507 e. The van der Waals surface area contributed by atoms with Gasteiger partial charge in [-0.05, 0) is 46.6 Å². The van der Waals surface area contributed by atoms with Gasteiger partial charge in [-0.15, -0.1) is 0 Å². The van der Waals surface area contributed by atoms with Gasteiger partial charge in [-0.2, -0.15) is 0 Å². The van der Waals surface area contributed by atoms with Crippen molar-refractivity contribution >= 4 is 11.8 Å². The monoisotopic (exact) mass is 438 g/mol. The van der Waals surface area contributed by atoms with Crippen LogP contribution in [0.4, 0.5) is 4.39 Å². The summed E-state index contributed by atoms with van der Waals surface area (Å²) in [6.45, 7) is 14.9. The molecule has 3 heteroatoms. The first-order chi connectivity index (χ1) is 14.3. The zero-order valence-electron chi connectivity index (χ0n) is 19.8. The molecule has 31 heavy (non-hydrogen) atoms. The van der Waals surface area contributed by atoms with Gasteiger partial charge in [0.1, 0.15) is 11.4 Å². The Hall–Kier alpha value is -2.00. The summed E-state index contributed by atoms with van der Waals surface area (Å²) < 4.78 is 15.4. The first-order valence-electron chi connectivity index (χ1n) is 11.0. The van der Waals surface area contributed by atoms with E-state index in [0.29, 0.717) is 18.6 Å². The molecule has 3 rings (SSSR count). The van der Waals surface area contributed by atoms with Crippen LogP contribution in [0.1, 0.15) is 70.2 Å². The van der Waals surface area contributed by atoms with Crippen molar-refractivity contribution in [3.8, 4) is 5.75 Å². The number of rotatable bonds is 4. The van der Waals surface area contributed by atoms with E-state index in [0.717, 1.165) is 32.1 Å². The molecule has 1 aliphatic rings. The number of halogens is 1. The summed E-state index contributed by atoms with van der Waals surface area (Å²) in [5.74, 6) is 0.386. The summed E-state index contributed by atoms with van der Waals surface area (Å²) in [6.07, 6.45) is 6.34. The van der Waals surface area contributed by atoms with E-state index in [4.69, 9.17) is 0 Å². The van der Waals surface area contributed by atoms with Gasteiger partial charge in [0.05, 0.1) is 0 Å². The first kappa shape index (κ1) is 23.7. The molecule has 0 spiro atoms. The first-order valence-corrected chi connectivity index (χ1v) is 11.8. The molecule has 2 aromatic carbocycles. The molecule has 2 aromatic rings. The van der Waals surface area contributed by atoms with E-state index in [9.17, 15) is 5.11 Å². The molecule has 0 bridgehead atoms. The second-order valence-corrected chi connectivity index (χ2v) is 11.8.